The van der Waals surface area contributed by atoms with Crippen LogP contribution in [0.15, 0.2) is 30.3 Å². The van der Waals surface area contributed by atoms with E-state index in [1.165, 1.54) is 12.1 Å². The molecular weight excluding hydrogens is 203 g/mol. The number of aliphatic carboxylic acids is 2. The number of carbonyl (C=O) groups is 2. The summed E-state index contributed by atoms with van der Waals surface area (Å²) in [4.78, 5) is 22.2. The summed E-state index contributed by atoms with van der Waals surface area (Å²) in [5, 5.41) is 18.1. The van der Waals surface area contributed by atoms with E-state index in [0.29, 0.717) is 5.56 Å². The molecule has 1 rings (SSSR count). The molecule has 0 saturated carbocycles. The van der Waals surface area contributed by atoms with E-state index in [0.717, 1.165) is 0 Å². The quantitative estimate of drug-likeness (QED) is 0.480. The molecule has 1 aromatic carbocycles. The molecule has 0 bridgehead atoms. The van der Waals surface area contributed by atoms with Crippen molar-refractivity contribution >= 4 is 11.9 Å². The number of hydrogen-bond donors (Lipinski definition) is 2. The molecule has 0 aromatic heterocycles. The van der Waals surface area contributed by atoms with Gasteiger partial charge in [0.15, 0.2) is 5.41 Å². The molecule has 0 amide bonds. The number of benzene rings is 1. The van der Waals surface area contributed by atoms with E-state index in [4.69, 9.17) is 10.2 Å². The second kappa shape index (κ2) is 5.74. The van der Waals surface area contributed by atoms with Gasteiger partial charge in [0.1, 0.15) is 0 Å². The third-order valence-corrected chi connectivity index (χ3v) is 2.53. The third-order valence-electron chi connectivity index (χ3n) is 2.53. The molecule has 0 aliphatic carbocycles. The molecule has 5 heteroatoms. The Morgan fingerprint density at radius 1 is 1.19 bits per heavy atom. The Kier molecular flexibility index (Phi) is 5.29. The van der Waals surface area contributed by atoms with Crippen molar-refractivity contribution < 1.29 is 40.1 Å². The van der Waals surface area contributed by atoms with Gasteiger partial charge in [-0.2, -0.15) is 0 Å². The van der Waals surface area contributed by atoms with Crippen LogP contribution in [0.3, 0.4) is 0 Å². The Balaban J connectivity index is 0. The van der Waals surface area contributed by atoms with E-state index >= 15 is 0 Å². The molecule has 1 aromatic rings. The van der Waals surface area contributed by atoms with Crippen LogP contribution in [0, 0.1) is 0 Å². The summed E-state index contributed by atoms with van der Waals surface area (Å²) in [6.45, 7) is 1.55. The van der Waals surface area contributed by atoms with Crippen molar-refractivity contribution in [1.82, 2.24) is 0 Å². The van der Waals surface area contributed by atoms with E-state index < -0.39 is 17.4 Å². The van der Waals surface area contributed by atoms with Crippen LogP contribution in [0.5, 0.6) is 0 Å². The summed E-state index contributed by atoms with van der Waals surface area (Å²) < 4.78 is 0. The van der Waals surface area contributed by atoms with Crippen LogP contribution in [0.1, 0.15) is 20.3 Å². The van der Waals surface area contributed by atoms with Gasteiger partial charge < -0.3 is 11.6 Å². The first-order chi connectivity index (χ1) is 7.05. The largest absolute Gasteiger partial charge is 1.00 e. The van der Waals surface area contributed by atoms with E-state index in [1.807, 2.05) is 0 Å². The van der Waals surface area contributed by atoms with Crippen molar-refractivity contribution in [2.24, 2.45) is 0 Å². The van der Waals surface area contributed by atoms with Gasteiger partial charge in [-0.05, 0) is 12.0 Å². The van der Waals surface area contributed by atoms with E-state index in [1.54, 1.807) is 25.1 Å². The molecule has 2 N–H and O–H groups in total. The van der Waals surface area contributed by atoms with E-state index in [-0.39, 0.29) is 26.7 Å². The molecule has 0 aliphatic rings. The maximum absolute atomic E-state index is 11.1. The normalized spacial score (nSPS) is 10.3. The summed E-state index contributed by atoms with van der Waals surface area (Å²) in [7, 11) is 0. The second-order valence-corrected chi connectivity index (χ2v) is 3.24. The fourth-order valence-electron chi connectivity index (χ4n) is 1.57. The van der Waals surface area contributed by atoms with Crippen molar-refractivity contribution in [2.75, 3.05) is 0 Å². The number of carboxylic acids is 2. The average Bonchev–Trinajstić information content (AvgIpc) is 2.20. The summed E-state index contributed by atoms with van der Waals surface area (Å²) in [5.41, 5.74) is -1.53. The summed E-state index contributed by atoms with van der Waals surface area (Å²) >= 11 is 0. The molecule has 4 nitrogen and oxygen atoms in total. The summed E-state index contributed by atoms with van der Waals surface area (Å²) in [6.07, 6.45) is 0.0156. The molecule has 0 unspecified atom stereocenters. The number of carboxylic acid groups (broad SMARTS) is 2. The first-order valence-corrected chi connectivity index (χ1v) is 4.58. The Morgan fingerprint density at radius 3 is 1.94 bits per heavy atom. The first kappa shape index (κ1) is 14.8. The Morgan fingerprint density at radius 2 is 1.62 bits per heavy atom. The SMILES string of the molecule is CCC(C(=O)O)(C(=O)O)c1ccccc1.[H-].[Li+]. The maximum Gasteiger partial charge on any atom is 1.00 e. The molecule has 82 valence electrons. The van der Waals surface area contributed by atoms with Crippen LogP contribution < -0.4 is 18.9 Å². The van der Waals surface area contributed by atoms with E-state index in [2.05, 4.69) is 0 Å². The van der Waals surface area contributed by atoms with Crippen molar-refractivity contribution in [2.45, 2.75) is 18.8 Å². The molecule has 0 radical (unpaired) electrons. The molecule has 0 aliphatic heterocycles. The average molecular weight is 216 g/mol. The zero-order valence-corrected chi connectivity index (χ0v) is 9.30. The summed E-state index contributed by atoms with van der Waals surface area (Å²) in [6, 6.07) is 8.02. The minimum Gasteiger partial charge on any atom is -1.00 e. The maximum atomic E-state index is 11.1. The monoisotopic (exact) mass is 216 g/mol. The van der Waals surface area contributed by atoms with Gasteiger partial charge in [-0.3, -0.25) is 9.59 Å². The minimum absolute atomic E-state index is 0. The molecule has 16 heavy (non-hydrogen) atoms. The standard InChI is InChI=1S/C11H12O4.Li.H/c1-2-11(9(12)13,10(14)15)8-6-4-3-5-7-8;;/h3-7H,2H2,1H3,(H,12,13)(H,14,15);;/q;+1;-1. The van der Waals surface area contributed by atoms with Crippen LogP contribution in [-0.4, -0.2) is 22.2 Å². The van der Waals surface area contributed by atoms with E-state index in [9.17, 15) is 9.59 Å². The predicted octanol–water partition coefficient (Wildman–Crippen LogP) is -1.38. The topological polar surface area (TPSA) is 74.6 Å². The molecule has 0 atom stereocenters. The van der Waals surface area contributed by atoms with Crippen LogP contribution in [0.4, 0.5) is 0 Å². The van der Waals surface area contributed by atoms with Gasteiger partial charge in [-0.1, -0.05) is 37.3 Å². The molecule has 0 heterocycles. The van der Waals surface area contributed by atoms with Crippen molar-refractivity contribution in [3.63, 3.8) is 0 Å². The zero-order chi connectivity index (χ0) is 11.5. The second-order valence-electron chi connectivity index (χ2n) is 3.24. The van der Waals surface area contributed by atoms with Gasteiger partial charge in [0, 0.05) is 0 Å². The van der Waals surface area contributed by atoms with Crippen LogP contribution in [-0.2, 0) is 15.0 Å². The Bertz CT molecular complexity index is 366. The Labute approximate surface area is 107 Å². The molecule has 0 fully saturated rings. The van der Waals surface area contributed by atoms with Crippen LogP contribution >= 0.6 is 0 Å². The molecule has 0 saturated heterocycles. The summed E-state index contributed by atoms with van der Waals surface area (Å²) in [5.74, 6) is -2.66. The van der Waals surface area contributed by atoms with Crippen LogP contribution in [0.2, 0.25) is 0 Å². The fourth-order valence-corrected chi connectivity index (χ4v) is 1.57. The smallest absolute Gasteiger partial charge is 1.00 e. The van der Waals surface area contributed by atoms with Crippen LogP contribution in [0.25, 0.3) is 0 Å². The fraction of sp³-hybridized carbons (Fsp3) is 0.273. The van der Waals surface area contributed by atoms with Crippen molar-refractivity contribution in [3.8, 4) is 0 Å². The van der Waals surface area contributed by atoms with Gasteiger partial charge in [0.05, 0.1) is 0 Å². The van der Waals surface area contributed by atoms with Crippen molar-refractivity contribution in [1.29, 1.82) is 0 Å². The van der Waals surface area contributed by atoms with Gasteiger partial charge in [-0.15, -0.1) is 0 Å². The molecular formula is C11H13LiO4. The van der Waals surface area contributed by atoms with Gasteiger partial charge in [0.2, 0.25) is 0 Å². The van der Waals surface area contributed by atoms with Crippen molar-refractivity contribution in [3.05, 3.63) is 35.9 Å². The van der Waals surface area contributed by atoms with Gasteiger partial charge >= 0.3 is 30.8 Å². The number of rotatable bonds is 4. The predicted molar refractivity (Wildman–Crippen MR) is 54.8 cm³/mol. The minimum atomic E-state index is -1.83. The first-order valence-electron chi connectivity index (χ1n) is 4.58. The Hall–Kier alpha value is -1.24. The molecule has 0 spiro atoms. The van der Waals surface area contributed by atoms with Gasteiger partial charge in [0.25, 0.3) is 0 Å². The number of hydrogen-bond acceptors (Lipinski definition) is 2. The van der Waals surface area contributed by atoms with Gasteiger partial charge in [-0.25, -0.2) is 0 Å². The third kappa shape index (κ3) is 2.29. The zero-order valence-electron chi connectivity index (χ0n) is 10.3.